The Kier molecular flexibility index (Phi) is 4.26. The van der Waals surface area contributed by atoms with Gasteiger partial charge in [-0.15, -0.1) is 0 Å². The number of hydrogen-bond donors (Lipinski definition) is 3. The molecule has 0 aliphatic rings. The van der Waals surface area contributed by atoms with Crippen LogP contribution in [0.5, 0.6) is 0 Å². The number of rotatable bonds is 4. The molecule has 2 aromatic carbocycles. The monoisotopic (exact) mass is 335 g/mol. The predicted molar refractivity (Wildman–Crippen MR) is 97.4 cm³/mol. The zero-order valence-corrected chi connectivity index (χ0v) is 13.6. The van der Waals surface area contributed by atoms with Crippen molar-refractivity contribution in [1.29, 1.82) is 0 Å². The van der Waals surface area contributed by atoms with Gasteiger partial charge in [0.05, 0.1) is 21.8 Å². The highest BCUT2D eigenvalue weighted by Crippen LogP contribution is 2.10. The molecule has 0 saturated carbocycles. The number of nitrogens with zero attached hydrogens (tertiary/aromatic N) is 1. The Morgan fingerprint density at radius 2 is 1.96 bits per heavy atom. The maximum Gasteiger partial charge on any atom is 0.335 e. The van der Waals surface area contributed by atoms with Gasteiger partial charge in [-0.2, -0.15) is 0 Å². The molecule has 0 saturated heterocycles. The first-order valence-corrected chi connectivity index (χ1v) is 7.63. The number of aromatic nitrogens is 2. The van der Waals surface area contributed by atoms with Crippen molar-refractivity contribution < 1.29 is 9.90 Å². The number of aromatic amines is 1. The van der Waals surface area contributed by atoms with E-state index < -0.39 is 5.97 Å². The highest BCUT2D eigenvalue weighted by Gasteiger charge is 2.05. The normalized spacial score (nSPS) is 11.5. The van der Waals surface area contributed by atoms with Crippen LogP contribution in [0.3, 0.4) is 0 Å². The summed E-state index contributed by atoms with van der Waals surface area (Å²) < 4.78 is 1.42. The van der Waals surface area contributed by atoms with Crippen LogP contribution in [0, 0.1) is 6.92 Å². The molecule has 0 bridgehead atoms. The maximum atomic E-state index is 12.6. The number of hydrogen-bond acceptors (Lipinski definition) is 3. The lowest BCUT2D eigenvalue weighted by atomic mass is 10.2. The van der Waals surface area contributed by atoms with Crippen molar-refractivity contribution in [2.45, 2.75) is 6.92 Å². The molecule has 0 fully saturated rings. The Hall–Kier alpha value is -3.54. The molecule has 6 heteroatoms. The minimum absolute atomic E-state index is 0.166. The van der Waals surface area contributed by atoms with E-state index in [0.717, 1.165) is 5.56 Å². The summed E-state index contributed by atoms with van der Waals surface area (Å²) in [7, 11) is 0. The summed E-state index contributed by atoms with van der Waals surface area (Å²) in [5.74, 6) is -1.01. The Morgan fingerprint density at radius 3 is 2.64 bits per heavy atom. The molecular formula is C19H17N3O3. The Morgan fingerprint density at radius 1 is 1.24 bits per heavy atom. The third-order valence-electron chi connectivity index (χ3n) is 3.79. The topological polar surface area (TPSA) is 87.1 Å². The van der Waals surface area contributed by atoms with E-state index in [1.54, 1.807) is 12.1 Å². The van der Waals surface area contributed by atoms with Gasteiger partial charge in [-0.25, -0.2) is 9.48 Å². The van der Waals surface area contributed by atoms with Crippen LogP contribution < -0.4 is 21.4 Å². The SMILES string of the molecule is C=c1[nH]n(-c2ccc(C)cc2)c(=O)c1=CNc1cccc(C(=O)O)c1. The quantitative estimate of drug-likeness (QED) is 0.673. The molecule has 0 amide bonds. The molecule has 6 nitrogen and oxygen atoms in total. The van der Waals surface area contributed by atoms with Gasteiger partial charge in [-0.3, -0.25) is 9.89 Å². The smallest absolute Gasteiger partial charge is 0.335 e. The second kappa shape index (κ2) is 6.52. The summed E-state index contributed by atoms with van der Waals surface area (Å²) in [5, 5.41) is 15.8. The van der Waals surface area contributed by atoms with Crippen molar-refractivity contribution in [3.05, 3.63) is 80.6 Å². The molecule has 1 aromatic heterocycles. The molecule has 0 unspecified atom stereocenters. The Balaban J connectivity index is 1.98. The first-order valence-electron chi connectivity index (χ1n) is 7.63. The Bertz CT molecular complexity index is 1090. The molecule has 0 atom stereocenters. The van der Waals surface area contributed by atoms with Crippen LogP contribution in [0.4, 0.5) is 5.69 Å². The third kappa shape index (κ3) is 3.37. The zero-order valence-electron chi connectivity index (χ0n) is 13.6. The average Bonchev–Trinajstić information content (AvgIpc) is 2.88. The van der Waals surface area contributed by atoms with Crippen LogP contribution >= 0.6 is 0 Å². The molecular weight excluding hydrogens is 318 g/mol. The first-order chi connectivity index (χ1) is 12.0. The second-order valence-electron chi connectivity index (χ2n) is 5.65. The number of carbonyl (C=O) groups is 1. The van der Waals surface area contributed by atoms with E-state index in [9.17, 15) is 9.59 Å². The third-order valence-corrected chi connectivity index (χ3v) is 3.79. The van der Waals surface area contributed by atoms with E-state index in [-0.39, 0.29) is 11.1 Å². The summed E-state index contributed by atoms with van der Waals surface area (Å²) in [5.41, 5.74) is 2.31. The van der Waals surface area contributed by atoms with Gasteiger partial charge in [-0.05, 0) is 37.3 Å². The lowest BCUT2D eigenvalue weighted by Gasteiger charge is -2.01. The molecule has 0 spiro atoms. The lowest BCUT2D eigenvalue weighted by molar-refractivity contribution is 0.0697. The van der Waals surface area contributed by atoms with Gasteiger partial charge in [0, 0.05) is 11.9 Å². The number of H-pyrrole nitrogens is 1. The fourth-order valence-electron chi connectivity index (χ4n) is 2.42. The molecule has 3 aromatic rings. The molecule has 3 N–H and O–H groups in total. The number of aryl methyl sites for hydroxylation is 1. The zero-order chi connectivity index (χ0) is 18.0. The summed E-state index contributed by atoms with van der Waals surface area (Å²) in [6, 6.07) is 13.9. The minimum atomic E-state index is -1.01. The van der Waals surface area contributed by atoms with Gasteiger partial charge in [0.1, 0.15) is 0 Å². The van der Waals surface area contributed by atoms with Crippen LogP contribution in [-0.4, -0.2) is 20.9 Å². The van der Waals surface area contributed by atoms with Gasteiger partial charge in [0.15, 0.2) is 0 Å². The average molecular weight is 335 g/mol. The summed E-state index contributed by atoms with van der Waals surface area (Å²) in [4.78, 5) is 23.6. The lowest BCUT2D eigenvalue weighted by Crippen LogP contribution is -2.34. The molecule has 126 valence electrons. The maximum absolute atomic E-state index is 12.6. The van der Waals surface area contributed by atoms with Crippen LogP contribution in [-0.2, 0) is 0 Å². The fourth-order valence-corrected chi connectivity index (χ4v) is 2.42. The van der Waals surface area contributed by atoms with Crippen LogP contribution in [0.15, 0.2) is 53.3 Å². The molecule has 3 rings (SSSR count). The van der Waals surface area contributed by atoms with Gasteiger partial charge in [-0.1, -0.05) is 30.3 Å². The Labute approximate surface area is 143 Å². The van der Waals surface area contributed by atoms with Crippen LogP contribution in [0.1, 0.15) is 15.9 Å². The number of anilines is 1. The number of carboxylic acids is 1. The van der Waals surface area contributed by atoms with Gasteiger partial charge >= 0.3 is 5.97 Å². The van der Waals surface area contributed by atoms with Gasteiger partial charge < -0.3 is 10.4 Å². The highest BCUT2D eigenvalue weighted by atomic mass is 16.4. The number of carboxylic acid groups (broad SMARTS) is 1. The van der Waals surface area contributed by atoms with Gasteiger partial charge in [0.2, 0.25) is 0 Å². The summed E-state index contributed by atoms with van der Waals surface area (Å²) >= 11 is 0. The predicted octanol–water partition coefficient (Wildman–Crippen LogP) is 1.43. The number of benzene rings is 2. The summed E-state index contributed by atoms with van der Waals surface area (Å²) in [6.07, 6.45) is 1.52. The second-order valence-corrected chi connectivity index (χ2v) is 5.65. The molecule has 1 heterocycles. The van der Waals surface area contributed by atoms with Crippen molar-refractivity contribution in [2.75, 3.05) is 5.32 Å². The molecule has 0 aliphatic carbocycles. The minimum Gasteiger partial charge on any atom is -0.478 e. The van der Waals surface area contributed by atoms with E-state index >= 15 is 0 Å². The number of nitrogens with one attached hydrogen (secondary N) is 2. The van der Waals surface area contributed by atoms with Crippen molar-refractivity contribution in [1.82, 2.24) is 9.78 Å². The highest BCUT2D eigenvalue weighted by molar-refractivity contribution is 5.89. The van der Waals surface area contributed by atoms with Crippen LogP contribution in [0.2, 0.25) is 0 Å². The fraction of sp³-hybridized carbons (Fsp3) is 0.0526. The van der Waals surface area contributed by atoms with Crippen molar-refractivity contribution in [3.8, 4) is 5.69 Å². The first kappa shape index (κ1) is 16.3. The van der Waals surface area contributed by atoms with E-state index in [4.69, 9.17) is 5.11 Å². The largest absolute Gasteiger partial charge is 0.478 e. The van der Waals surface area contributed by atoms with Gasteiger partial charge in [0.25, 0.3) is 5.56 Å². The van der Waals surface area contributed by atoms with Crippen molar-refractivity contribution >= 4 is 24.4 Å². The van der Waals surface area contributed by atoms with Crippen molar-refractivity contribution in [2.24, 2.45) is 0 Å². The standard InChI is InChI=1S/C19H17N3O3/c1-12-6-8-16(9-7-12)22-18(23)17(13(2)21-22)11-20-15-5-3-4-14(10-15)19(24)25/h3-11,20-21H,2H2,1H3,(H,24,25). The number of aromatic carboxylic acids is 1. The van der Waals surface area contributed by atoms with Crippen LogP contribution in [0.25, 0.3) is 18.5 Å². The molecule has 0 radical (unpaired) electrons. The van der Waals surface area contributed by atoms with E-state index in [0.29, 0.717) is 21.9 Å². The van der Waals surface area contributed by atoms with Crippen molar-refractivity contribution in [3.63, 3.8) is 0 Å². The van der Waals surface area contributed by atoms with E-state index in [1.807, 2.05) is 31.2 Å². The molecule has 0 aliphatic heterocycles. The summed E-state index contributed by atoms with van der Waals surface area (Å²) in [6.45, 7) is 5.84. The van der Waals surface area contributed by atoms with E-state index in [2.05, 4.69) is 17.0 Å². The molecule has 25 heavy (non-hydrogen) atoms. The van der Waals surface area contributed by atoms with E-state index in [1.165, 1.54) is 23.0 Å².